The van der Waals surface area contributed by atoms with Crippen LogP contribution >= 0.6 is 11.5 Å². The van der Waals surface area contributed by atoms with Gasteiger partial charge in [-0.05, 0) is 31.8 Å². The van der Waals surface area contributed by atoms with E-state index in [0.29, 0.717) is 11.6 Å². The van der Waals surface area contributed by atoms with Crippen molar-refractivity contribution in [3.63, 3.8) is 0 Å². The van der Waals surface area contributed by atoms with Crippen molar-refractivity contribution in [3.8, 4) is 5.75 Å². The minimum absolute atomic E-state index is 0.101. The van der Waals surface area contributed by atoms with E-state index in [-0.39, 0.29) is 6.10 Å². The van der Waals surface area contributed by atoms with Crippen LogP contribution in [0.2, 0.25) is 0 Å². The smallest absolute Gasteiger partial charge is 0.197 e. The third kappa shape index (κ3) is 3.43. The zero-order valence-corrected chi connectivity index (χ0v) is 9.93. The van der Waals surface area contributed by atoms with Crippen molar-refractivity contribution in [1.82, 2.24) is 4.37 Å². The SMILES string of the molecule is C=CCCNc1snc(N)c1OC(C)C. The largest absolute Gasteiger partial charge is 0.484 e. The highest BCUT2D eigenvalue weighted by molar-refractivity contribution is 7.11. The van der Waals surface area contributed by atoms with Crippen LogP contribution in [0, 0.1) is 0 Å². The molecule has 3 N–H and O–H groups in total. The summed E-state index contributed by atoms with van der Waals surface area (Å²) >= 11 is 1.32. The van der Waals surface area contributed by atoms with Crippen LogP contribution in [0.1, 0.15) is 20.3 Å². The molecule has 5 heteroatoms. The monoisotopic (exact) mass is 227 g/mol. The van der Waals surface area contributed by atoms with Gasteiger partial charge in [-0.15, -0.1) is 6.58 Å². The molecule has 0 bridgehead atoms. The van der Waals surface area contributed by atoms with E-state index in [1.54, 1.807) is 0 Å². The summed E-state index contributed by atoms with van der Waals surface area (Å²) in [6, 6.07) is 0. The molecule has 0 amide bonds. The number of nitrogens with one attached hydrogen (secondary N) is 1. The molecule has 1 aromatic heterocycles. The Hall–Kier alpha value is -1.23. The van der Waals surface area contributed by atoms with Gasteiger partial charge < -0.3 is 15.8 Å². The summed E-state index contributed by atoms with van der Waals surface area (Å²) < 4.78 is 9.64. The fourth-order valence-electron chi connectivity index (χ4n) is 1.04. The molecule has 1 rings (SSSR count). The van der Waals surface area contributed by atoms with Gasteiger partial charge in [0.05, 0.1) is 6.10 Å². The van der Waals surface area contributed by atoms with Crippen LogP contribution in [0.5, 0.6) is 5.75 Å². The lowest BCUT2D eigenvalue weighted by molar-refractivity contribution is 0.245. The standard InChI is InChI=1S/C10H17N3OS/c1-4-5-6-12-10-8(14-7(2)3)9(11)13-15-10/h4,7,12H,1,5-6H2,2-3H3,(H2,11,13). The average molecular weight is 227 g/mol. The molecule has 0 atom stereocenters. The number of hydrogen-bond donors (Lipinski definition) is 2. The predicted molar refractivity (Wildman–Crippen MR) is 65.6 cm³/mol. The van der Waals surface area contributed by atoms with E-state index in [2.05, 4.69) is 16.3 Å². The van der Waals surface area contributed by atoms with Crippen molar-refractivity contribution in [2.24, 2.45) is 0 Å². The summed E-state index contributed by atoms with van der Waals surface area (Å²) in [6.45, 7) is 8.40. The Bertz CT molecular complexity index is 322. The first-order valence-electron chi connectivity index (χ1n) is 4.91. The summed E-state index contributed by atoms with van der Waals surface area (Å²) in [7, 11) is 0. The van der Waals surface area contributed by atoms with Crippen LogP contribution in [0.25, 0.3) is 0 Å². The van der Waals surface area contributed by atoms with Crippen molar-refractivity contribution in [3.05, 3.63) is 12.7 Å². The number of hydrogen-bond acceptors (Lipinski definition) is 5. The number of nitrogen functional groups attached to an aromatic ring is 1. The first-order valence-corrected chi connectivity index (χ1v) is 5.69. The minimum Gasteiger partial charge on any atom is -0.484 e. The maximum Gasteiger partial charge on any atom is 0.197 e. The molecule has 0 radical (unpaired) electrons. The summed E-state index contributed by atoms with van der Waals surface area (Å²) in [5.41, 5.74) is 5.71. The zero-order chi connectivity index (χ0) is 11.3. The van der Waals surface area contributed by atoms with Gasteiger partial charge in [0, 0.05) is 6.54 Å². The van der Waals surface area contributed by atoms with Gasteiger partial charge in [-0.2, -0.15) is 4.37 Å². The Morgan fingerprint density at radius 2 is 2.40 bits per heavy atom. The Balaban J connectivity index is 2.65. The zero-order valence-electron chi connectivity index (χ0n) is 9.12. The normalized spacial score (nSPS) is 10.3. The van der Waals surface area contributed by atoms with Crippen molar-refractivity contribution in [1.29, 1.82) is 0 Å². The molecule has 0 aliphatic heterocycles. The van der Waals surface area contributed by atoms with Crippen LogP contribution in [0.15, 0.2) is 12.7 Å². The molecule has 0 spiro atoms. The van der Waals surface area contributed by atoms with Crippen LogP contribution in [-0.2, 0) is 0 Å². The van der Waals surface area contributed by atoms with Gasteiger partial charge in [0.25, 0.3) is 0 Å². The van der Waals surface area contributed by atoms with Crippen molar-refractivity contribution >= 4 is 22.4 Å². The highest BCUT2D eigenvalue weighted by Crippen LogP contribution is 2.35. The number of ether oxygens (including phenoxy) is 1. The van der Waals surface area contributed by atoms with Crippen LogP contribution in [0.4, 0.5) is 10.8 Å². The van der Waals surface area contributed by atoms with Crippen molar-refractivity contribution in [2.75, 3.05) is 17.6 Å². The maximum atomic E-state index is 5.71. The van der Waals surface area contributed by atoms with E-state index in [9.17, 15) is 0 Å². The van der Waals surface area contributed by atoms with E-state index < -0.39 is 0 Å². The van der Waals surface area contributed by atoms with Gasteiger partial charge in [0.2, 0.25) is 0 Å². The molecule has 0 saturated heterocycles. The molecule has 15 heavy (non-hydrogen) atoms. The van der Waals surface area contributed by atoms with E-state index in [1.807, 2.05) is 19.9 Å². The van der Waals surface area contributed by atoms with Gasteiger partial charge in [0.15, 0.2) is 16.6 Å². The lowest BCUT2D eigenvalue weighted by atomic mass is 10.4. The van der Waals surface area contributed by atoms with Gasteiger partial charge >= 0.3 is 0 Å². The third-order valence-corrected chi connectivity index (χ3v) is 2.46. The number of nitrogens with two attached hydrogens (primary N) is 1. The van der Waals surface area contributed by atoms with Gasteiger partial charge in [-0.25, -0.2) is 0 Å². The molecule has 1 heterocycles. The quantitative estimate of drug-likeness (QED) is 0.579. The number of nitrogens with zero attached hydrogens (tertiary/aromatic N) is 1. The van der Waals surface area contributed by atoms with E-state index in [0.717, 1.165) is 18.0 Å². The second-order valence-electron chi connectivity index (χ2n) is 3.40. The van der Waals surface area contributed by atoms with Gasteiger partial charge in [-0.3, -0.25) is 0 Å². The van der Waals surface area contributed by atoms with Crippen molar-refractivity contribution in [2.45, 2.75) is 26.4 Å². The summed E-state index contributed by atoms with van der Waals surface area (Å²) in [5.74, 6) is 1.12. The molecule has 0 unspecified atom stereocenters. The average Bonchev–Trinajstić information content (AvgIpc) is 2.49. The number of aromatic nitrogens is 1. The van der Waals surface area contributed by atoms with Crippen molar-refractivity contribution < 1.29 is 4.74 Å². The predicted octanol–water partition coefficient (Wildman–Crippen LogP) is 2.50. The molecule has 0 aliphatic carbocycles. The maximum absolute atomic E-state index is 5.71. The molecular formula is C10H17N3OS. The first kappa shape index (κ1) is 11.8. The lowest BCUT2D eigenvalue weighted by Gasteiger charge is -2.11. The number of anilines is 2. The second kappa shape index (κ2) is 5.60. The van der Waals surface area contributed by atoms with Crippen LogP contribution in [-0.4, -0.2) is 17.0 Å². The molecule has 84 valence electrons. The summed E-state index contributed by atoms with van der Waals surface area (Å²) in [5, 5.41) is 4.11. The minimum atomic E-state index is 0.101. The fourth-order valence-corrected chi connectivity index (χ4v) is 1.72. The highest BCUT2D eigenvalue weighted by Gasteiger charge is 2.13. The first-order chi connectivity index (χ1) is 7.15. The Labute approximate surface area is 94.3 Å². The third-order valence-electron chi connectivity index (χ3n) is 1.66. The molecule has 4 nitrogen and oxygen atoms in total. The van der Waals surface area contributed by atoms with Gasteiger partial charge in [-0.1, -0.05) is 6.08 Å². The Morgan fingerprint density at radius 3 is 3.00 bits per heavy atom. The van der Waals surface area contributed by atoms with Crippen LogP contribution < -0.4 is 15.8 Å². The van der Waals surface area contributed by atoms with Crippen LogP contribution in [0.3, 0.4) is 0 Å². The molecule has 0 fully saturated rings. The summed E-state index contributed by atoms with van der Waals surface area (Å²) in [4.78, 5) is 0. The second-order valence-corrected chi connectivity index (χ2v) is 4.17. The summed E-state index contributed by atoms with van der Waals surface area (Å²) in [6.07, 6.45) is 2.86. The molecular weight excluding hydrogens is 210 g/mol. The van der Waals surface area contributed by atoms with E-state index in [4.69, 9.17) is 10.5 Å². The molecule has 1 aromatic rings. The fraction of sp³-hybridized carbons (Fsp3) is 0.500. The lowest BCUT2D eigenvalue weighted by Crippen LogP contribution is -2.09. The molecule has 0 aliphatic rings. The molecule has 0 aromatic carbocycles. The van der Waals surface area contributed by atoms with E-state index in [1.165, 1.54) is 11.5 Å². The topological polar surface area (TPSA) is 60.2 Å². The number of rotatable bonds is 6. The van der Waals surface area contributed by atoms with E-state index >= 15 is 0 Å². The van der Waals surface area contributed by atoms with Gasteiger partial charge in [0.1, 0.15) is 0 Å². The molecule has 0 saturated carbocycles. The highest BCUT2D eigenvalue weighted by atomic mass is 32.1. The Morgan fingerprint density at radius 1 is 1.67 bits per heavy atom. The Kier molecular flexibility index (Phi) is 4.42.